The molecule has 4 nitrogen and oxygen atoms in total. The van der Waals surface area contributed by atoms with E-state index in [0.717, 1.165) is 0 Å². The monoisotopic (exact) mass is 283 g/mol. The minimum atomic E-state index is -4.25. The van der Waals surface area contributed by atoms with Crippen molar-refractivity contribution >= 4 is 5.91 Å². The molecular weight excluding hydrogens is 259 g/mol. The van der Waals surface area contributed by atoms with Crippen LogP contribution in [0, 0.1) is 0 Å². The first-order valence-corrected chi connectivity index (χ1v) is 6.22. The maximum atomic E-state index is 12.3. The van der Waals surface area contributed by atoms with Crippen LogP contribution in [-0.2, 0) is 4.79 Å². The molecular formula is C12H24F3N3O. The highest BCUT2D eigenvalue weighted by Crippen LogP contribution is 2.21. The van der Waals surface area contributed by atoms with Crippen molar-refractivity contribution in [3.05, 3.63) is 0 Å². The van der Waals surface area contributed by atoms with Crippen LogP contribution in [0.3, 0.4) is 0 Å². The van der Waals surface area contributed by atoms with Gasteiger partial charge in [0.2, 0.25) is 5.91 Å². The Morgan fingerprint density at radius 3 is 2.11 bits per heavy atom. The number of hydrogen-bond donors (Lipinski definition) is 2. The second-order valence-electron chi connectivity index (χ2n) is 5.58. The Morgan fingerprint density at radius 1 is 1.32 bits per heavy atom. The third kappa shape index (κ3) is 6.77. The highest BCUT2D eigenvalue weighted by Gasteiger charge is 2.37. The molecule has 0 aromatic heterocycles. The van der Waals surface area contributed by atoms with E-state index in [1.54, 1.807) is 13.8 Å². The Labute approximate surface area is 112 Å². The van der Waals surface area contributed by atoms with E-state index >= 15 is 0 Å². The van der Waals surface area contributed by atoms with Crippen LogP contribution in [0.5, 0.6) is 0 Å². The Bertz CT molecular complexity index is 307. The molecule has 1 amide bonds. The zero-order valence-electron chi connectivity index (χ0n) is 12.1. The van der Waals surface area contributed by atoms with Gasteiger partial charge in [0.1, 0.15) is 0 Å². The molecule has 0 aliphatic heterocycles. The molecule has 2 unspecified atom stereocenters. The van der Waals surface area contributed by atoms with Gasteiger partial charge in [0, 0.05) is 12.1 Å². The molecule has 0 radical (unpaired) electrons. The zero-order valence-corrected chi connectivity index (χ0v) is 12.1. The number of carbonyl (C=O) groups is 1. The standard InChI is InChI=1S/C12H24F3N3O/c1-8(2)17-11(4,10(16)19)6-9(3)18(5)7-12(13,14)15/h8-9,17H,6-7H2,1-5H3,(H2,16,19). The van der Waals surface area contributed by atoms with Gasteiger partial charge >= 0.3 is 6.18 Å². The average Bonchev–Trinajstić information content (AvgIpc) is 2.12. The van der Waals surface area contributed by atoms with Crippen molar-refractivity contribution in [3.63, 3.8) is 0 Å². The van der Waals surface area contributed by atoms with Crippen LogP contribution in [0.4, 0.5) is 13.2 Å². The van der Waals surface area contributed by atoms with Gasteiger partial charge in [0.05, 0.1) is 12.1 Å². The van der Waals surface area contributed by atoms with Crippen molar-refractivity contribution in [1.82, 2.24) is 10.2 Å². The number of nitrogens with one attached hydrogen (secondary N) is 1. The lowest BCUT2D eigenvalue weighted by Crippen LogP contribution is -2.58. The van der Waals surface area contributed by atoms with Gasteiger partial charge in [0.25, 0.3) is 0 Å². The number of amides is 1. The lowest BCUT2D eigenvalue weighted by Gasteiger charge is -2.35. The van der Waals surface area contributed by atoms with Crippen LogP contribution in [0.2, 0.25) is 0 Å². The third-order valence-electron chi connectivity index (χ3n) is 3.04. The van der Waals surface area contributed by atoms with E-state index in [1.165, 1.54) is 11.9 Å². The number of nitrogens with zero attached hydrogens (tertiary/aromatic N) is 1. The van der Waals surface area contributed by atoms with E-state index in [0.29, 0.717) is 0 Å². The van der Waals surface area contributed by atoms with Crippen LogP contribution in [0.25, 0.3) is 0 Å². The summed E-state index contributed by atoms with van der Waals surface area (Å²) in [6.45, 7) is 5.96. The van der Waals surface area contributed by atoms with Gasteiger partial charge in [-0.2, -0.15) is 13.2 Å². The van der Waals surface area contributed by atoms with Crippen molar-refractivity contribution in [1.29, 1.82) is 0 Å². The zero-order chi connectivity index (χ0) is 15.4. The first-order valence-electron chi connectivity index (χ1n) is 6.22. The van der Waals surface area contributed by atoms with Crippen LogP contribution < -0.4 is 11.1 Å². The van der Waals surface area contributed by atoms with Crippen molar-refractivity contribution in [2.75, 3.05) is 13.6 Å². The lowest BCUT2D eigenvalue weighted by atomic mass is 9.91. The number of hydrogen-bond acceptors (Lipinski definition) is 3. The number of rotatable bonds is 7. The van der Waals surface area contributed by atoms with E-state index in [4.69, 9.17) is 5.73 Å². The maximum absolute atomic E-state index is 12.3. The van der Waals surface area contributed by atoms with Crippen molar-refractivity contribution in [3.8, 4) is 0 Å². The van der Waals surface area contributed by atoms with Gasteiger partial charge in [-0.25, -0.2) is 0 Å². The van der Waals surface area contributed by atoms with Crippen molar-refractivity contribution in [2.24, 2.45) is 5.73 Å². The SMILES string of the molecule is CC(C)NC(C)(CC(C)N(C)CC(F)(F)F)C(N)=O. The highest BCUT2D eigenvalue weighted by atomic mass is 19.4. The summed E-state index contributed by atoms with van der Waals surface area (Å²) in [6.07, 6.45) is -4.04. The molecule has 0 saturated carbocycles. The molecule has 7 heteroatoms. The van der Waals surface area contributed by atoms with Crippen LogP contribution in [0.15, 0.2) is 0 Å². The molecule has 0 heterocycles. The third-order valence-corrected chi connectivity index (χ3v) is 3.04. The summed E-state index contributed by atoms with van der Waals surface area (Å²) in [5, 5.41) is 3.02. The Morgan fingerprint density at radius 2 is 1.79 bits per heavy atom. The number of alkyl halides is 3. The quantitative estimate of drug-likeness (QED) is 0.744. The first-order chi connectivity index (χ1) is 8.37. The predicted molar refractivity (Wildman–Crippen MR) is 68.6 cm³/mol. The van der Waals surface area contributed by atoms with Gasteiger partial charge in [-0.1, -0.05) is 0 Å². The summed E-state index contributed by atoms with van der Waals surface area (Å²) in [7, 11) is 1.38. The fourth-order valence-corrected chi connectivity index (χ4v) is 2.05. The van der Waals surface area contributed by atoms with Crippen molar-refractivity contribution < 1.29 is 18.0 Å². The number of nitrogens with two attached hydrogens (primary N) is 1. The maximum Gasteiger partial charge on any atom is 0.401 e. The number of carbonyl (C=O) groups excluding carboxylic acids is 1. The Balaban J connectivity index is 4.72. The molecule has 114 valence electrons. The van der Waals surface area contributed by atoms with Gasteiger partial charge in [-0.15, -0.1) is 0 Å². The summed E-state index contributed by atoms with van der Waals surface area (Å²) in [4.78, 5) is 12.7. The summed E-state index contributed by atoms with van der Waals surface area (Å²) in [5.74, 6) is -0.562. The van der Waals surface area contributed by atoms with E-state index in [9.17, 15) is 18.0 Å². The normalized spacial score (nSPS) is 17.6. The summed E-state index contributed by atoms with van der Waals surface area (Å²) in [5.41, 5.74) is 4.33. The van der Waals surface area contributed by atoms with Gasteiger partial charge in [-0.05, 0) is 41.2 Å². The van der Waals surface area contributed by atoms with Crippen LogP contribution in [-0.4, -0.2) is 48.2 Å². The molecule has 0 aliphatic carbocycles. The molecule has 0 spiro atoms. The van der Waals surface area contributed by atoms with E-state index in [1.807, 2.05) is 13.8 Å². The van der Waals surface area contributed by atoms with E-state index in [2.05, 4.69) is 5.32 Å². The Hall–Kier alpha value is -0.820. The van der Waals surface area contributed by atoms with Gasteiger partial charge < -0.3 is 11.1 Å². The topological polar surface area (TPSA) is 58.4 Å². The molecule has 0 aliphatic rings. The minimum Gasteiger partial charge on any atom is -0.368 e. The number of primary amides is 1. The van der Waals surface area contributed by atoms with E-state index < -0.39 is 30.2 Å². The molecule has 0 fully saturated rings. The molecule has 2 atom stereocenters. The van der Waals surface area contributed by atoms with Gasteiger partial charge in [-0.3, -0.25) is 9.69 Å². The molecule has 19 heavy (non-hydrogen) atoms. The summed E-state index contributed by atoms with van der Waals surface area (Å²) < 4.78 is 37.0. The fraction of sp³-hybridized carbons (Fsp3) is 0.917. The van der Waals surface area contributed by atoms with E-state index in [-0.39, 0.29) is 12.5 Å². The molecule has 0 rings (SSSR count). The second-order valence-corrected chi connectivity index (χ2v) is 5.58. The summed E-state index contributed by atoms with van der Waals surface area (Å²) in [6, 6.07) is -0.414. The number of halogens is 3. The molecule has 0 aromatic carbocycles. The largest absolute Gasteiger partial charge is 0.401 e. The second kappa shape index (κ2) is 6.56. The molecule has 0 saturated heterocycles. The smallest absolute Gasteiger partial charge is 0.368 e. The van der Waals surface area contributed by atoms with Crippen molar-refractivity contribution in [2.45, 2.75) is 57.9 Å². The first kappa shape index (κ1) is 18.2. The lowest BCUT2D eigenvalue weighted by molar-refractivity contribution is -0.148. The van der Waals surface area contributed by atoms with Gasteiger partial charge in [0.15, 0.2) is 0 Å². The molecule has 0 aromatic rings. The Kier molecular flexibility index (Phi) is 6.28. The van der Waals surface area contributed by atoms with Crippen LogP contribution in [0.1, 0.15) is 34.1 Å². The van der Waals surface area contributed by atoms with Crippen LogP contribution >= 0.6 is 0 Å². The highest BCUT2D eigenvalue weighted by molar-refractivity contribution is 5.84. The molecule has 3 N–H and O–H groups in total. The fourth-order valence-electron chi connectivity index (χ4n) is 2.05. The minimum absolute atomic E-state index is 0.0117. The summed E-state index contributed by atoms with van der Waals surface area (Å²) >= 11 is 0. The average molecular weight is 283 g/mol. The predicted octanol–water partition coefficient (Wildman–Crippen LogP) is 1.50. The molecule has 0 bridgehead atoms.